The largest absolute Gasteiger partial charge is 0.490 e. The molecular formula is C25H26FN8O7PS2. The van der Waals surface area contributed by atoms with Crippen molar-refractivity contribution in [2.24, 2.45) is 10.2 Å². The molecule has 19 heteroatoms. The van der Waals surface area contributed by atoms with Crippen LogP contribution in [0.2, 0.25) is 0 Å². The molecule has 0 aliphatic heterocycles. The normalized spacial score (nSPS) is 12.2. The number of azide groups is 2. The Morgan fingerprint density at radius 1 is 1.09 bits per heavy atom. The van der Waals surface area contributed by atoms with Gasteiger partial charge in [0.2, 0.25) is 0 Å². The molecule has 44 heavy (non-hydrogen) atoms. The van der Waals surface area contributed by atoms with Crippen LogP contribution in [0.1, 0.15) is 24.0 Å². The summed E-state index contributed by atoms with van der Waals surface area (Å²) >= 11 is 0.903. The van der Waals surface area contributed by atoms with Crippen molar-refractivity contribution in [1.82, 2.24) is 4.72 Å². The molecule has 3 rings (SSSR count). The number of hydrogen-bond donors (Lipinski definition) is 2. The van der Waals surface area contributed by atoms with E-state index in [-0.39, 0.29) is 41.8 Å². The Morgan fingerprint density at radius 2 is 1.77 bits per heavy atom. The Hall–Kier alpha value is -4.32. The van der Waals surface area contributed by atoms with Crippen LogP contribution >= 0.6 is 18.9 Å². The summed E-state index contributed by atoms with van der Waals surface area (Å²) in [5.74, 6) is -0.485. The van der Waals surface area contributed by atoms with Gasteiger partial charge in [-0.3, -0.25) is 0 Å². The van der Waals surface area contributed by atoms with Crippen LogP contribution in [0, 0.1) is 24.1 Å². The first-order chi connectivity index (χ1) is 21.0. The number of benzene rings is 2. The van der Waals surface area contributed by atoms with Crippen LogP contribution in [0.4, 0.5) is 4.39 Å². The molecule has 2 aromatic carbocycles. The number of sulfonamides is 1. The van der Waals surface area contributed by atoms with Crippen LogP contribution in [0.3, 0.4) is 0 Å². The van der Waals surface area contributed by atoms with Gasteiger partial charge in [0.25, 0.3) is 10.0 Å². The smallest absolute Gasteiger partial charge is 0.391 e. The van der Waals surface area contributed by atoms with E-state index in [1.165, 1.54) is 6.07 Å². The first-order valence-electron chi connectivity index (χ1n) is 12.7. The van der Waals surface area contributed by atoms with Gasteiger partial charge in [0.1, 0.15) is 28.1 Å². The average Bonchev–Trinajstić information content (AvgIpc) is 3.48. The molecule has 1 aromatic heterocycles. The zero-order valence-electron chi connectivity index (χ0n) is 23.2. The lowest BCUT2D eigenvalue weighted by Crippen LogP contribution is -2.25. The van der Waals surface area contributed by atoms with Gasteiger partial charge in [-0.15, -0.1) is 11.3 Å². The third kappa shape index (κ3) is 9.60. The van der Waals surface area contributed by atoms with E-state index in [0.717, 1.165) is 29.5 Å². The standard InChI is InChI=1S/C25H26FN8O7PS2/c1-17-20(6-7-22(39-12-2-10-30-33-28)25(17)40-13-3-11-31-34-29)23-8-9-24(43-23)44(37,38)32-16-42(35,36)41-19-5-4-18(15-27)21(26)14-19/h4-9,14,32H,2-3,10-13,16H2,1H3,(H,35,36). The highest BCUT2D eigenvalue weighted by Crippen LogP contribution is 2.43. The van der Waals surface area contributed by atoms with Crippen LogP contribution in [-0.4, -0.2) is 45.9 Å². The summed E-state index contributed by atoms with van der Waals surface area (Å²) in [7, 11) is -8.85. The molecule has 0 spiro atoms. The van der Waals surface area contributed by atoms with Gasteiger partial charge >= 0.3 is 7.60 Å². The van der Waals surface area contributed by atoms with Crippen LogP contribution < -0.4 is 18.7 Å². The molecule has 0 radical (unpaired) electrons. The fraction of sp³-hybridized carbons (Fsp3) is 0.320. The Balaban J connectivity index is 1.77. The van der Waals surface area contributed by atoms with Gasteiger partial charge < -0.3 is 18.9 Å². The van der Waals surface area contributed by atoms with Crippen molar-refractivity contribution in [1.29, 1.82) is 5.26 Å². The number of nitriles is 1. The van der Waals surface area contributed by atoms with Gasteiger partial charge in [-0.2, -0.15) is 9.98 Å². The van der Waals surface area contributed by atoms with E-state index in [0.29, 0.717) is 40.3 Å². The number of nitrogens with zero attached hydrogens (tertiary/aromatic N) is 7. The summed E-state index contributed by atoms with van der Waals surface area (Å²) in [5, 5.41) is 15.8. The molecule has 0 amide bonds. The fourth-order valence-corrected chi connectivity index (χ4v) is 7.56. The molecule has 0 aliphatic rings. The van der Waals surface area contributed by atoms with Gasteiger partial charge in [-0.25, -0.2) is 17.4 Å². The minimum absolute atomic E-state index is 0.147. The molecule has 15 nitrogen and oxygen atoms in total. The Morgan fingerprint density at radius 3 is 2.41 bits per heavy atom. The molecule has 0 aliphatic carbocycles. The molecule has 0 bridgehead atoms. The van der Waals surface area contributed by atoms with E-state index >= 15 is 0 Å². The summed E-state index contributed by atoms with van der Waals surface area (Å²) in [5.41, 5.74) is 17.9. The summed E-state index contributed by atoms with van der Waals surface area (Å²) in [6.07, 6.45) is -0.0884. The monoisotopic (exact) mass is 664 g/mol. The van der Waals surface area contributed by atoms with Crippen molar-refractivity contribution in [3.63, 3.8) is 0 Å². The SMILES string of the molecule is Cc1c(-c2ccc(S(=O)(=O)NCP(=O)(O)Oc3ccc(C#N)c(F)c3)s2)ccc(OCCCN=[N+]=[N-])c1OCCCN=[N+]=[N-]. The molecule has 1 atom stereocenters. The lowest BCUT2D eigenvalue weighted by molar-refractivity contribution is 0.264. The highest BCUT2D eigenvalue weighted by molar-refractivity contribution is 7.92. The van der Waals surface area contributed by atoms with E-state index in [1.807, 2.05) is 4.72 Å². The molecule has 232 valence electrons. The second-order valence-corrected chi connectivity index (χ2v) is 13.6. The Kier molecular flexibility index (Phi) is 12.4. The van der Waals surface area contributed by atoms with Crippen molar-refractivity contribution < 1.29 is 36.3 Å². The Labute approximate surface area is 255 Å². The van der Waals surface area contributed by atoms with E-state index < -0.39 is 29.7 Å². The van der Waals surface area contributed by atoms with E-state index in [2.05, 4.69) is 20.1 Å². The number of rotatable bonds is 17. The molecule has 0 saturated carbocycles. The Bertz CT molecular complexity index is 1780. The first-order valence-corrected chi connectivity index (χ1v) is 16.8. The highest BCUT2D eigenvalue weighted by atomic mass is 32.2. The topological polar surface area (TPSA) is 232 Å². The van der Waals surface area contributed by atoms with E-state index in [4.69, 9.17) is 30.3 Å². The molecule has 3 aromatic rings. The minimum Gasteiger partial charge on any atom is -0.490 e. The number of ether oxygens (including phenoxy) is 2. The zero-order chi connectivity index (χ0) is 32.2. The van der Waals surface area contributed by atoms with Crippen LogP contribution in [0.25, 0.3) is 31.3 Å². The highest BCUT2D eigenvalue weighted by Gasteiger charge is 2.27. The number of nitrogens with one attached hydrogen (secondary N) is 1. The van der Waals surface area contributed by atoms with Crippen molar-refractivity contribution in [2.45, 2.75) is 24.0 Å². The fourth-order valence-electron chi connectivity index (χ4n) is 3.63. The summed E-state index contributed by atoms with van der Waals surface area (Å²) in [6.45, 7) is 2.71. The molecule has 0 fully saturated rings. The van der Waals surface area contributed by atoms with Crippen molar-refractivity contribution >= 4 is 29.0 Å². The summed E-state index contributed by atoms with van der Waals surface area (Å²) in [4.78, 5) is 16.1. The van der Waals surface area contributed by atoms with E-state index in [1.54, 1.807) is 31.2 Å². The van der Waals surface area contributed by atoms with Crippen LogP contribution in [0.15, 0.2) is 56.9 Å². The lowest BCUT2D eigenvalue weighted by Gasteiger charge is -2.17. The summed E-state index contributed by atoms with van der Waals surface area (Å²) < 4.78 is 70.8. The second kappa shape index (κ2) is 15.9. The maximum absolute atomic E-state index is 13.8. The van der Waals surface area contributed by atoms with Gasteiger partial charge in [-0.1, -0.05) is 10.2 Å². The minimum atomic E-state index is -4.60. The maximum atomic E-state index is 13.8. The lowest BCUT2D eigenvalue weighted by atomic mass is 10.1. The van der Waals surface area contributed by atoms with Gasteiger partial charge in [0, 0.05) is 39.4 Å². The third-order valence-electron chi connectivity index (χ3n) is 5.68. The van der Waals surface area contributed by atoms with Crippen molar-refractivity contribution in [3.05, 3.63) is 80.3 Å². The van der Waals surface area contributed by atoms with Crippen LogP contribution in [-0.2, 0) is 14.6 Å². The van der Waals surface area contributed by atoms with Gasteiger partial charge in [0.15, 0.2) is 11.5 Å². The maximum Gasteiger partial charge on any atom is 0.391 e. The number of hydrogen-bond acceptors (Lipinski definition) is 10. The van der Waals surface area contributed by atoms with Crippen molar-refractivity contribution in [2.75, 3.05) is 32.6 Å². The third-order valence-corrected chi connectivity index (χ3v) is 9.96. The van der Waals surface area contributed by atoms with Crippen LogP contribution in [0.5, 0.6) is 17.2 Å². The molecule has 1 heterocycles. The molecular weight excluding hydrogens is 638 g/mol. The van der Waals surface area contributed by atoms with E-state index in [9.17, 15) is 22.3 Å². The van der Waals surface area contributed by atoms with Gasteiger partial charge in [-0.05, 0) is 72.8 Å². The predicted molar refractivity (Wildman–Crippen MR) is 159 cm³/mol. The second-order valence-electron chi connectivity index (χ2n) is 8.79. The quantitative estimate of drug-likeness (QED) is 0.0538. The zero-order valence-corrected chi connectivity index (χ0v) is 25.7. The molecule has 0 saturated heterocycles. The van der Waals surface area contributed by atoms with Crippen molar-refractivity contribution in [3.8, 4) is 33.8 Å². The summed E-state index contributed by atoms with van der Waals surface area (Å²) in [6, 6.07) is 10.8. The number of thiophene rings is 1. The average molecular weight is 665 g/mol. The predicted octanol–water partition coefficient (Wildman–Crippen LogP) is 6.39. The van der Waals surface area contributed by atoms with Gasteiger partial charge in [0.05, 0.1) is 18.8 Å². The molecule has 2 N–H and O–H groups in total. The first kappa shape index (κ1) is 34.2. The molecule has 1 unspecified atom stereocenters. The number of halogens is 1.